The number of ether oxygens (including phenoxy) is 1. The average Bonchev–Trinajstić information content (AvgIpc) is 2.16. The summed E-state index contributed by atoms with van der Waals surface area (Å²) < 4.78 is 5.17. The quantitative estimate of drug-likeness (QED) is 0.417. The second kappa shape index (κ2) is 7.77. The zero-order valence-corrected chi connectivity index (χ0v) is 10.3. The van der Waals surface area contributed by atoms with Crippen LogP contribution in [0, 0.1) is 0 Å². The molecule has 0 aromatic heterocycles. The lowest BCUT2D eigenvalue weighted by atomic mass is 10.7. The highest BCUT2D eigenvalue weighted by atomic mass is 28.3. The topological polar surface area (TPSA) is 9.23 Å². The molecule has 0 amide bonds. The molecule has 0 N–H and O–H groups in total. The van der Waals surface area contributed by atoms with Gasteiger partial charge in [0.05, 0.1) is 8.07 Å². The number of methoxy groups -OCH3 is 1. The zero-order chi connectivity index (χ0) is 10.9. The Labute approximate surface area is 89.2 Å². The van der Waals surface area contributed by atoms with Gasteiger partial charge in [-0.15, -0.1) is 19.7 Å². The summed E-state index contributed by atoms with van der Waals surface area (Å²) in [6.07, 6.45) is 6.11. The Hall–Kier alpha value is -0.603. The highest BCUT2D eigenvalue weighted by Gasteiger charge is 2.27. The normalized spacial score (nSPS) is 10.9. The summed E-state index contributed by atoms with van der Waals surface area (Å²) in [5.41, 5.74) is 0. The molecule has 0 heterocycles. The van der Waals surface area contributed by atoms with E-state index < -0.39 is 8.07 Å². The fourth-order valence-corrected chi connectivity index (χ4v) is 5.38. The molecular formula is C12H22OSi. The van der Waals surface area contributed by atoms with Crippen LogP contribution >= 0.6 is 0 Å². The minimum Gasteiger partial charge on any atom is -0.385 e. The second-order valence-corrected chi connectivity index (χ2v) is 8.45. The lowest BCUT2D eigenvalue weighted by Crippen LogP contribution is -2.33. The first kappa shape index (κ1) is 13.4. The summed E-state index contributed by atoms with van der Waals surface area (Å²) in [4.78, 5) is 0. The summed E-state index contributed by atoms with van der Waals surface area (Å²) in [7, 11) is 0.463. The lowest BCUT2D eigenvalue weighted by Gasteiger charge is -2.28. The van der Waals surface area contributed by atoms with Crippen molar-refractivity contribution in [2.75, 3.05) is 13.7 Å². The van der Waals surface area contributed by atoms with Crippen molar-refractivity contribution in [3.05, 3.63) is 38.0 Å². The van der Waals surface area contributed by atoms with Gasteiger partial charge in [0.1, 0.15) is 0 Å². The van der Waals surface area contributed by atoms with Gasteiger partial charge in [-0.2, -0.15) is 0 Å². The van der Waals surface area contributed by atoms with Crippen LogP contribution in [-0.2, 0) is 4.74 Å². The van der Waals surface area contributed by atoms with E-state index in [2.05, 4.69) is 19.7 Å². The van der Waals surface area contributed by atoms with Gasteiger partial charge in [0, 0.05) is 13.7 Å². The molecule has 0 spiro atoms. The summed E-state index contributed by atoms with van der Waals surface area (Å²) >= 11 is 0. The number of allylic oxidation sites excluding steroid dienone is 3. The van der Waals surface area contributed by atoms with Crippen LogP contribution in [0.3, 0.4) is 0 Å². The first-order valence-corrected chi connectivity index (χ1v) is 7.89. The monoisotopic (exact) mass is 210 g/mol. The first-order chi connectivity index (χ1) is 6.74. The van der Waals surface area contributed by atoms with Crippen molar-refractivity contribution in [3.63, 3.8) is 0 Å². The molecule has 1 nitrogen and oxygen atoms in total. The maximum Gasteiger partial charge on any atom is 0.0670 e. The van der Waals surface area contributed by atoms with Crippen molar-refractivity contribution in [1.29, 1.82) is 0 Å². The van der Waals surface area contributed by atoms with Crippen molar-refractivity contribution < 1.29 is 4.74 Å². The highest BCUT2D eigenvalue weighted by molar-refractivity contribution is 6.81. The highest BCUT2D eigenvalue weighted by Crippen LogP contribution is 2.27. The van der Waals surface area contributed by atoms with Gasteiger partial charge >= 0.3 is 0 Å². The van der Waals surface area contributed by atoms with E-state index in [4.69, 9.17) is 4.74 Å². The third-order valence-corrected chi connectivity index (χ3v) is 7.30. The van der Waals surface area contributed by atoms with Gasteiger partial charge in [-0.1, -0.05) is 18.2 Å². The predicted octanol–water partition coefficient (Wildman–Crippen LogP) is 3.64. The van der Waals surface area contributed by atoms with E-state index in [1.165, 1.54) is 6.04 Å². The molecule has 2 heteroatoms. The fraction of sp³-hybridized carbons (Fsp3) is 0.500. The SMILES string of the molecule is C=CC[Si](CC=C)(CC=C)CCOC. The average molecular weight is 210 g/mol. The van der Waals surface area contributed by atoms with E-state index in [0.29, 0.717) is 0 Å². The van der Waals surface area contributed by atoms with Gasteiger partial charge in [0.15, 0.2) is 0 Å². The molecule has 0 aliphatic heterocycles. The molecule has 14 heavy (non-hydrogen) atoms. The molecule has 80 valence electrons. The van der Waals surface area contributed by atoms with Gasteiger partial charge in [0.2, 0.25) is 0 Å². The Balaban J connectivity index is 4.43. The standard InChI is InChI=1S/C12H22OSi/c1-5-9-14(10-6-2,11-7-3)12-8-13-4/h5-7H,1-3,8-12H2,4H3. The maximum atomic E-state index is 5.17. The maximum absolute atomic E-state index is 5.17. The van der Waals surface area contributed by atoms with Crippen LogP contribution in [0.15, 0.2) is 38.0 Å². The van der Waals surface area contributed by atoms with Crippen LogP contribution in [0.2, 0.25) is 24.2 Å². The largest absolute Gasteiger partial charge is 0.385 e. The minimum absolute atomic E-state index is 0.849. The Morgan fingerprint density at radius 2 is 1.43 bits per heavy atom. The molecule has 0 saturated carbocycles. The molecule has 0 aromatic rings. The minimum atomic E-state index is -1.30. The van der Waals surface area contributed by atoms with E-state index in [-0.39, 0.29) is 0 Å². The Morgan fingerprint density at radius 3 is 1.71 bits per heavy atom. The molecule has 0 saturated heterocycles. The van der Waals surface area contributed by atoms with Gasteiger partial charge in [-0.05, 0) is 24.2 Å². The van der Waals surface area contributed by atoms with E-state index >= 15 is 0 Å². The molecule has 0 fully saturated rings. The molecule has 0 atom stereocenters. The molecule has 0 unspecified atom stereocenters. The smallest absolute Gasteiger partial charge is 0.0670 e. The van der Waals surface area contributed by atoms with Crippen molar-refractivity contribution in [3.8, 4) is 0 Å². The van der Waals surface area contributed by atoms with Gasteiger partial charge in [-0.25, -0.2) is 0 Å². The van der Waals surface area contributed by atoms with Crippen molar-refractivity contribution >= 4 is 8.07 Å². The van der Waals surface area contributed by atoms with Crippen molar-refractivity contribution in [2.24, 2.45) is 0 Å². The third kappa shape index (κ3) is 4.58. The fourth-order valence-electron chi connectivity index (χ4n) is 1.79. The van der Waals surface area contributed by atoms with Crippen LogP contribution in [0.5, 0.6) is 0 Å². The summed E-state index contributed by atoms with van der Waals surface area (Å²) in [6, 6.07) is 4.57. The van der Waals surface area contributed by atoms with Crippen molar-refractivity contribution in [2.45, 2.75) is 24.2 Å². The number of hydrogen-bond donors (Lipinski definition) is 0. The van der Waals surface area contributed by atoms with Crippen LogP contribution in [-0.4, -0.2) is 21.8 Å². The van der Waals surface area contributed by atoms with Crippen LogP contribution in [0.25, 0.3) is 0 Å². The van der Waals surface area contributed by atoms with Gasteiger partial charge in [-0.3, -0.25) is 0 Å². The van der Waals surface area contributed by atoms with E-state index in [0.717, 1.165) is 24.7 Å². The molecule has 0 radical (unpaired) electrons. The lowest BCUT2D eigenvalue weighted by molar-refractivity contribution is 0.214. The molecule has 0 bridgehead atoms. The second-order valence-electron chi connectivity index (χ2n) is 3.72. The predicted molar refractivity (Wildman–Crippen MR) is 67.4 cm³/mol. The molecule has 0 aromatic carbocycles. The molecular weight excluding hydrogens is 188 g/mol. The summed E-state index contributed by atoms with van der Waals surface area (Å²) in [5.74, 6) is 0. The summed E-state index contributed by atoms with van der Waals surface area (Å²) in [5, 5.41) is 0. The van der Waals surface area contributed by atoms with Gasteiger partial charge < -0.3 is 4.74 Å². The van der Waals surface area contributed by atoms with E-state index in [1.54, 1.807) is 7.11 Å². The summed E-state index contributed by atoms with van der Waals surface area (Å²) in [6.45, 7) is 12.4. The van der Waals surface area contributed by atoms with E-state index in [1.807, 2.05) is 18.2 Å². The van der Waals surface area contributed by atoms with Crippen LogP contribution in [0.1, 0.15) is 0 Å². The first-order valence-electron chi connectivity index (χ1n) is 5.06. The zero-order valence-electron chi connectivity index (χ0n) is 9.30. The van der Waals surface area contributed by atoms with E-state index in [9.17, 15) is 0 Å². The Morgan fingerprint density at radius 1 is 1.00 bits per heavy atom. The molecule has 0 aliphatic carbocycles. The Kier molecular flexibility index (Phi) is 7.43. The number of rotatable bonds is 9. The third-order valence-electron chi connectivity index (χ3n) is 2.57. The Bertz CT molecular complexity index is 160. The molecule has 0 aliphatic rings. The molecule has 0 rings (SSSR count). The van der Waals surface area contributed by atoms with Gasteiger partial charge in [0.25, 0.3) is 0 Å². The van der Waals surface area contributed by atoms with Crippen LogP contribution < -0.4 is 0 Å². The van der Waals surface area contributed by atoms with Crippen molar-refractivity contribution in [1.82, 2.24) is 0 Å². The van der Waals surface area contributed by atoms with Crippen LogP contribution in [0.4, 0.5) is 0 Å². The number of hydrogen-bond acceptors (Lipinski definition) is 1.